The normalized spacial score (nSPS) is 16.6. The van der Waals surface area contributed by atoms with Gasteiger partial charge < -0.3 is 16.6 Å². The van der Waals surface area contributed by atoms with Crippen molar-refractivity contribution in [2.45, 2.75) is 44.2 Å². The van der Waals surface area contributed by atoms with Gasteiger partial charge >= 0.3 is 0 Å². The molecule has 0 unspecified atom stereocenters. The second-order valence-electron chi connectivity index (χ2n) is 6.02. The molecule has 5 N–H and O–H groups in total. The highest BCUT2D eigenvalue weighted by atomic mass is 16.5. The fourth-order valence-electron chi connectivity index (χ4n) is 3.10. The van der Waals surface area contributed by atoms with Crippen molar-refractivity contribution in [3.63, 3.8) is 0 Å². The molecule has 0 radical (unpaired) electrons. The fraction of sp³-hybridized carbons (Fsp3) is 0.368. The van der Waals surface area contributed by atoms with Crippen LogP contribution in [-0.2, 0) is 12.1 Å². The maximum atomic E-state index is 6.55. The van der Waals surface area contributed by atoms with Crippen molar-refractivity contribution >= 4 is 0 Å². The van der Waals surface area contributed by atoms with Crippen LogP contribution in [0.2, 0.25) is 0 Å². The lowest BCUT2D eigenvalue weighted by Gasteiger charge is -2.34. The molecule has 1 aliphatic rings. The van der Waals surface area contributed by atoms with E-state index < -0.39 is 0 Å². The summed E-state index contributed by atoms with van der Waals surface area (Å²) in [6.07, 6.45) is 5.98. The van der Waals surface area contributed by atoms with Crippen LogP contribution in [-0.4, -0.2) is 0 Å². The highest BCUT2D eigenvalue weighted by molar-refractivity contribution is 5.32. The van der Waals surface area contributed by atoms with E-state index in [9.17, 15) is 0 Å². The molecule has 3 rings (SSSR count). The highest BCUT2D eigenvalue weighted by Gasteiger charge is 2.29. The van der Waals surface area contributed by atoms with Crippen molar-refractivity contribution in [2.24, 2.45) is 5.73 Å². The van der Waals surface area contributed by atoms with Crippen molar-refractivity contribution in [3.05, 3.63) is 65.7 Å². The van der Waals surface area contributed by atoms with Crippen LogP contribution in [0.5, 0.6) is 5.75 Å². The number of hydrogen-bond donors (Lipinski definition) is 2. The van der Waals surface area contributed by atoms with Crippen molar-refractivity contribution in [3.8, 4) is 5.75 Å². The SMILES string of the molecule is N.NC1(c2ccc(OCc3ccccc3)cc2)CCCCC1. The fourth-order valence-corrected chi connectivity index (χ4v) is 3.10. The molecule has 3 nitrogen and oxygen atoms in total. The van der Waals surface area contributed by atoms with Gasteiger partial charge in [0.05, 0.1) is 0 Å². The first kappa shape index (κ1) is 16.5. The molecule has 0 saturated heterocycles. The molecule has 22 heavy (non-hydrogen) atoms. The van der Waals surface area contributed by atoms with Gasteiger partial charge in [-0.2, -0.15) is 0 Å². The Balaban J connectivity index is 0.00000176. The van der Waals surface area contributed by atoms with Gasteiger partial charge in [0.1, 0.15) is 12.4 Å². The first-order valence-electron chi connectivity index (χ1n) is 7.82. The minimum absolute atomic E-state index is 0. The van der Waals surface area contributed by atoms with Crippen LogP contribution < -0.4 is 16.6 Å². The Morgan fingerprint density at radius 2 is 1.50 bits per heavy atom. The van der Waals surface area contributed by atoms with Crippen LogP contribution in [0.4, 0.5) is 0 Å². The Kier molecular flexibility index (Phi) is 5.58. The summed E-state index contributed by atoms with van der Waals surface area (Å²) in [6.45, 7) is 0.605. The summed E-state index contributed by atoms with van der Waals surface area (Å²) in [6, 6.07) is 18.6. The summed E-state index contributed by atoms with van der Waals surface area (Å²) in [4.78, 5) is 0. The van der Waals surface area contributed by atoms with Crippen LogP contribution in [0.15, 0.2) is 54.6 Å². The van der Waals surface area contributed by atoms with E-state index >= 15 is 0 Å². The van der Waals surface area contributed by atoms with Crippen molar-refractivity contribution < 1.29 is 4.74 Å². The standard InChI is InChI=1S/C19H23NO.H3N/c20-19(13-5-2-6-14-19)17-9-11-18(12-10-17)21-15-16-7-3-1-4-8-16;/h1,3-4,7-12H,2,5-6,13-15,20H2;1H3. The summed E-state index contributed by atoms with van der Waals surface area (Å²) in [7, 11) is 0. The molecule has 3 heteroatoms. The minimum Gasteiger partial charge on any atom is -0.489 e. The third-order valence-corrected chi connectivity index (χ3v) is 4.42. The van der Waals surface area contributed by atoms with E-state index in [-0.39, 0.29) is 11.7 Å². The summed E-state index contributed by atoms with van der Waals surface area (Å²) in [5, 5.41) is 0. The van der Waals surface area contributed by atoms with Gasteiger partial charge in [0.25, 0.3) is 0 Å². The second kappa shape index (κ2) is 7.43. The molecular weight excluding hydrogens is 272 g/mol. The van der Waals surface area contributed by atoms with E-state index in [2.05, 4.69) is 24.3 Å². The van der Waals surface area contributed by atoms with Crippen LogP contribution in [0.3, 0.4) is 0 Å². The maximum Gasteiger partial charge on any atom is 0.119 e. The van der Waals surface area contributed by atoms with E-state index in [1.165, 1.54) is 30.4 Å². The number of hydrogen-bond acceptors (Lipinski definition) is 3. The predicted octanol–water partition coefficient (Wildman–Crippen LogP) is 4.55. The van der Waals surface area contributed by atoms with Gasteiger partial charge in [-0.05, 0) is 36.1 Å². The molecule has 2 aromatic carbocycles. The molecule has 118 valence electrons. The zero-order valence-electron chi connectivity index (χ0n) is 13.1. The van der Waals surface area contributed by atoms with Crippen LogP contribution in [0, 0.1) is 0 Å². The zero-order chi connectivity index (χ0) is 14.5. The van der Waals surface area contributed by atoms with E-state index in [1.54, 1.807) is 0 Å². The van der Waals surface area contributed by atoms with Crippen LogP contribution in [0.1, 0.15) is 43.2 Å². The van der Waals surface area contributed by atoms with Crippen molar-refractivity contribution in [2.75, 3.05) is 0 Å². The average Bonchev–Trinajstić information content (AvgIpc) is 2.55. The molecule has 2 aromatic rings. The largest absolute Gasteiger partial charge is 0.489 e. The first-order chi connectivity index (χ1) is 10.3. The summed E-state index contributed by atoms with van der Waals surface area (Å²) < 4.78 is 5.83. The van der Waals surface area contributed by atoms with Gasteiger partial charge in [-0.25, -0.2) is 0 Å². The Hall–Kier alpha value is -1.84. The molecule has 0 aliphatic heterocycles. The molecule has 1 saturated carbocycles. The quantitative estimate of drug-likeness (QED) is 0.870. The molecule has 0 aromatic heterocycles. The Morgan fingerprint density at radius 1 is 0.864 bits per heavy atom. The van der Waals surface area contributed by atoms with E-state index in [0.29, 0.717) is 6.61 Å². The number of benzene rings is 2. The van der Waals surface area contributed by atoms with Crippen molar-refractivity contribution in [1.82, 2.24) is 6.15 Å². The van der Waals surface area contributed by atoms with Crippen LogP contribution in [0.25, 0.3) is 0 Å². The number of rotatable bonds is 4. The lowest BCUT2D eigenvalue weighted by atomic mass is 9.77. The van der Waals surface area contributed by atoms with Gasteiger partial charge in [-0.3, -0.25) is 0 Å². The molecule has 0 atom stereocenters. The van der Waals surface area contributed by atoms with E-state index in [4.69, 9.17) is 10.5 Å². The highest BCUT2D eigenvalue weighted by Crippen LogP contribution is 2.35. The topological polar surface area (TPSA) is 70.2 Å². The van der Waals surface area contributed by atoms with Crippen molar-refractivity contribution in [1.29, 1.82) is 0 Å². The summed E-state index contributed by atoms with van der Waals surface area (Å²) in [5.74, 6) is 0.905. The Morgan fingerprint density at radius 3 is 2.14 bits per heavy atom. The molecule has 0 heterocycles. The van der Waals surface area contributed by atoms with Crippen LogP contribution >= 0.6 is 0 Å². The smallest absolute Gasteiger partial charge is 0.119 e. The van der Waals surface area contributed by atoms with Gasteiger partial charge in [-0.1, -0.05) is 61.7 Å². The summed E-state index contributed by atoms with van der Waals surface area (Å²) >= 11 is 0. The number of nitrogens with two attached hydrogens (primary N) is 1. The average molecular weight is 298 g/mol. The first-order valence-corrected chi connectivity index (χ1v) is 7.82. The molecule has 0 spiro atoms. The van der Waals surface area contributed by atoms with Gasteiger partial charge in [0, 0.05) is 5.54 Å². The third kappa shape index (κ3) is 3.87. The molecule has 1 aliphatic carbocycles. The van der Waals surface area contributed by atoms with Gasteiger partial charge in [0.2, 0.25) is 0 Å². The lowest BCUT2D eigenvalue weighted by molar-refractivity contribution is 0.297. The second-order valence-corrected chi connectivity index (χ2v) is 6.02. The lowest BCUT2D eigenvalue weighted by Crippen LogP contribution is -2.38. The van der Waals surface area contributed by atoms with E-state index in [0.717, 1.165) is 18.6 Å². The molecule has 0 bridgehead atoms. The summed E-state index contributed by atoms with van der Waals surface area (Å²) in [5.41, 5.74) is 8.85. The molecule has 0 amide bonds. The predicted molar refractivity (Wildman–Crippen MR) is 91.2 cm³/mol. The Labute approximate surface area is 133 Å². The monoisotopic (exact) mass is 298 g/mol. The number of ether oxygens (including phenoxy) is 1. The minimum atomic E-state index is -0.129. The zero-order valence-corrected chi connectivity index (χ0v) is 13.1. The van der Waals surface area contributed by atoms with E-state index in [1.807, 2.05) is 30.3 Å². The van der Waals surface area contributed by atoms with Gasteiger partial charge in [0.15, 0.2) is 0 Å². The molecular formula is C19H26N2O. The Bertz CT molecular complexity index is 560. The molecule has 1 fully saturated rings. The third-order valence-electron chi connectivity index (χ3n) is 4.42. The van der Waals surface area contributed by atoms with Gasteiger partial charge in [-0.15, -0.1) is 0 Å². The maximum absolute atomic E-state index is 6.55.